The van der Waals surface area contributed by atoms with Gasteiger partial charge < -0.3 is 10.6 Å². The largest absolute Gasteiger partial charge is 0.335 e. The standard InChI is InChI=1S/C10H10Cl2N2O/c11-8-3-1-2-7(9(8)12)10(15)14-4-6(13)5-14/h1-3,6H,4-5,13H2. The molecule has 1 saturated heterocycles. The van der Waals surface area contributed by atoms with Crippen molar-refractivity contribution in [3.8, 4) is 0 Å². The minimum absolute atomic E-state index is 0.0897. The minimum atomic E-state index is -0.107. The number of carbonyl (C=O) groups excluding carboxylic acids is 1. The van der Waals surface area contributed by atoms with Gasteiger partial charge in [-0.05, 0) is 12.1 Å². The number of halogens is 2. The number of carbonyl (C=O) groups is 1. The van der Waals surface area contributed by atoms with Crippen molar-refractivity contribution in [3.05, 3.63) is 33.8 Å². The third-order valence-corrected chi connectivity index (χ3v) is 3.20. The molecule has 0 saturated carbocycles. The van der Waals surface area contributed by atoms with Crippen LogP contribution in [0.2, 0.25) is 10.0 Å². The summed E-state index contributed by atoms with van der Waals surface area (Å²) in [6.07, 6.45) is 0. The van der Waals surface area contributed by atoms with E-state index in [-0.39, 0.29) is 11.9 Å². The lowest BCUT2D eigenvalue weighted by Crippen LogP contribution is -2.57. The van der Waals surface area contributed by atoms with Gasteiger partial charge >= 0.3 is 0 Å². The van der Waals surface area contributed by atoms with Crippen molar-refractivity contribution >= 4 is 29.1 Å². The Bertz CT molecular complexity index is 402. The second kappa shape index (κ2) is 4.00. The molecule has 0 radical (unpaired) electrons. The fourth-order valence-electron chi connectivity index (χ4n) is 1.52. The molecule has 15 heavy (non-hydrogen) atoms. The molecule has 1 aliphatic rings. The highest BCUT2D eigenvalue weighted by atomic mass is 35.5. The first kappa shape index (κ1) is 10.7. The second-order valence-corrected chi connectivity index (χ2v) is 4.36. The summed E-state index contributed by atoms with van der Waals surface area (Å²) < 4.78 is 0. The molecule has 2 N–H and O–H groups in total. The van der Waals surface area contributed by atoms with Gasteiger partial charge in [-0.25, -0.2) is 0 Å². The van der Waals surface area contributed by atoms with Gasteiger partial charge in [0.05, 0.1) is 15.6 Å². The van der Waals surface area contributed by atoms with E-state index in [1.165, 1.54) is 0 Å². The Labute approximate surface area is 97.8 Å². The van der Waals surface area contributed by atoms with Crippen LogP contribution in [0.5, 0.6) is 0 Å². The van der Waals surface area contributed by atoms with Gasteiger partial charge in [0.2, 0.25) is 0 Å². The molecule has 1 aromatic carbocycles. The molecule has 3 nitrogen and oxygen atoms in total. The lowest BCUT2D eigenvalue weighted by atomic mass is 10.1. The Balaban J connectivity index is 2.22. The van der Waals surface area contributed by atoms with E-state index in [4.69, 9.17) is 28.9 Å². The van der Waals surface area contributed by atoms with Gasteiger partial charge in [0.15, 0.2) is 0 Å². The summed E-state index contributed by atoms with van der Waals surface area (Å²) >= 11 is 11.8. The number of likely N-dealkylation sites (tertiary alicyclic amines) is 1. The number of benzene rings is 1. The van der Waals surface area contributed by atoms with Gasteiger partial charge in [0.1, 0.15) is 0 Å². The van der Waals surface area contributed by atoms with E-state index < -0.39 is 0 Å². The summed E-state index contributed by atoms with van der Waals surface area (Å²) in [5.41, 5.74) is 6.04. The molecule has 0 aliphatic carbocycles. The van der Waals surface area contributed by atoms with Gasteiger partial charge in [0.25, 0.3) is 5.91 Å². The maximum Gasteiger partial charge on any atom is 0.255 e. The molecule has 0 spiro atoms. The van der Waals surface area contributed by atoms with Crippen LogP contribution in [-0.4, -0.2) is 29.9 Å². The third-order valence-electron chi connectivity index (χ3n) is 2.38. The summed E-state index contributed by atoms with van der Waals surface area (Å²) in [4.78, 5) is 13.5. The first-order valence-electron chi connectivity index (χ1n) is 4.58. The summed E-state index contributed by atoms with van der Waals surface area (Å²) in [5.74, 6) is -0.107. The fraction of sp³-hybridized carbons (Fsp3) is 0.300. The summed E-state index contributed by atoms with van der Waals surface area (Å²) in [5, 5.41) is 0.706. The Morgan fingerprint density at radius 3 is 2.67 bits per heavy atom. The van der Waals surface area contributed by atoms with Crippen LogP contribution in [0.3, 0.4) is 0 Å². The average Bonchev–Trinajstić information content (AvgIpc) is 2.16. The van der Waals surface area contributed by atoms with Crippen LogP contribution in [-0.2, 0) is 0 Å². The molecule has 80 valence electrons. The van der Waals surface area contributed by atoms with Crippen LogP contribution < -0.4 is 5.73 Å². The van der Waals surface area contributed by atoms with Crippen molar-refractivity contribution in [2.24, 2.45) is 5.73 Å². The SMILES string of the molecule is NC1CN(C(=O)c2cccc(Cl)c2Cl)C1. The number of nitrogens with two attached hydrogens (primary N) is 1. The second-order valence-electron chi connectivity index (χ2n) is 3.57. The smallest absolute Gasteiger partial charge is 0.255 e. The number of hydrogen-bond acceptors (Lipinski definition) is 2. The molecule has 1 heterocycles. The average molecular weight is 245 g/mol. The molecular weight excluding hydrogens is 235 g/mol. The zero-order valence-electron chi connectivity index (χ0n) is 7.91. The van der Waals surface area contributed by atoms with E-state index in [0.29, 0.717) is 28.7 Å². The van der Waals surface area contributed by atoms with Crippen molar-refractivity contribution < 1.29 is 4.79 Å². The Morgan fingerprint density at radius 2 is 2.07 bits per heavy atom. The first-order valence-corrected chi connectivity index (χ1v) is 5.34. The summed E-state index contributed by atoms with van der Waals surface area (Å²) in [6, 6.07) is 5.12. The van der Waals surface area contributed by atoms with E-state index in [9.17, 15) is 4.79 Å². The van der Waals surface area contributed by atoms with E-state index in [0.717, 1.165) is 0 Å². The van der Waals surface area contributed by atoms with Crippen LogP contribution in [0, 0.1) is 0 Å². The van der Waals surface area contributed by atoms with Crippen molar-refractivity contribution in [2.75, 3.05) is 13.1 Å². The summed E-state index contributed by atoms with van der Waals surface area (Å²) in [7, 11) is 0. The van der Waals surface area contributed by atoms with Crippen LogP contribution >= 0.6 is 23.2 Å². The van der Waals surface area contributed by atoms with Gasteiger partial charge in [-0.2, -0.15) is 0 Å². The minimum Gasteiger partial charge on any atom is -0.335 e. The molecule has 1 fully saturated rings. The predicted molar refractivity (Wildman–Crippen MR) is 60.3 cm³/mol. The lowest BCUT2D eigenvalue weighted by molar-refractivity contribution is 0.0608. The Kier molecular flexibility index (Phi) is 2.87. The number of hydrogen-bond donors (Lipinski definition) is 1. The molecule has 0 atom stereocenters. The highest BCUT2D eigenvalue weighted by Crippen LogP contribution is 2.27. The maximum atomic E-state index is 11.9. The molecule has 2 rings (SSSR count). The highest BCUT2D eigenvalue weighted by molar-refractivity contribution is 6.43. The quantitative estimate of drug-likeness (QED) is 0.819. The van der Waals surface area contributed by atoms with Gasteiger partial charge in [-0.1, -0.05) is 29.3 Å². The van der Waals surface area contributed by atoms with Crippen molar-refractivity contribution in [2.45, 2.75) is 6.04 Å². The third kappa shape index (κ3) is 1.95. The number of nitrogens with zero attached hydrogens (tertiary/aromatic N) is 1. The topological polar surface area (TPSA) is 46.3 Å². The molecule has 5 heteroatoms. The molecule has 0 bridgehead atoms. The molecule has 0 aromatic heterocycles. The molecule has 1 amide bonds. The van der Waals surface area contributed by atoms with E-state index in [1.54, 1.807) is 23.1 Å². The number of rotatable bonds is 1. The zero-order valence-corrected chi connectivity index (χ0v) is 9.42. The van der Waals surface area contributed by atoms with Gasteiger partial charge in [0, 0.05) is 19.1 Å². The maximum absolute atomic E-state index is 11.9. The monoisotopic (exact) mass is 244 g/mol. The van der Waals surface area contributed by atoms with E-state index in [2.05, 4.69) is 0 Å². The zero-order chi connectivity index (χ0) is 11.0. The van der Waals surface area contributed by atoms with Gasteiger partial charge in [-0.15, -0.1) is 0 Å². The van der Waals surface area contributed by atoms with Crippen LogP contribution in [0.25, 0.3) is 0 Å². The van der Waals surface area contributed by atoms with Crippen LogP contribution in [0.1, 0.15) is 10.4 Å². The summed E-state index contributed by atoms with van der Waals surface area (Å²) in [6.45, 7) is 1.17. The van der Waals surface area contributed by atoms with E-state index >= 15 is 0 Å². The fourth-order valence-corrected chi connectivity index (χ4v) is 1.90. The number of amides is 1. The normalized spacial score (nSPS) is 16.3. The highest BCUT2D eigenvalue weighted by Gasteiger charge is 2.29. The molecule has 1 aromatic rings. The van der Waals surface area contributed by atoms with E-state index in [1.807, 2.05) is 0 Å². The van der Waals surface area contributed by atoms with Crippen molar-refractivity contribution in [1.82, 2.24) is 4.90 Å². The molecule has 1 aliphatic heterocycles. The molecular formula is C10H10Cl2N2O. The lowest BCUT2D eigenvalue weighted by Gasteiger charge is -2.37. The Hall–Kier alpha value is -0.770. The predicted octanol–water partition coefficient (Wildman–Crippen LogP) is 1.78. The van der Waals surface area contributed by atoms with Crippen LogP contribution in [0.4, 0.5) is 0 Å². The molecule has 0 unspecified atom stereocenters. The van der Waals surface area contributed by atoms with Crippen LogP contribution in [0.15, 0.2) is 18.2 Å². The van der Waals surface area contributed by atoms with Crippen molar-refractivity contribution in [3.63, 3.8) is 0 Å². The first-order chi connectivity index (χ1) is 7.09. The Morgan fingerprint density at radius 1 is 1.40 bits per heavy atom. The van der Waals surface area contributed by atoms with Crippen molar-refractivity contribution in [1.29, 1.82) is 0 Å². The van der Waals surface area contributed by atoms with Gasteiger partial charge in [-0.3, -0.25) is 4.79 Å².